The third-order valence-electron chi connectivity index (χ3n) is 0.986. The van der Waals surface area contributed by atoms with E-state index in [0.717, 1.165) is 4.96 Å². The first-order chi connectivity index (χ1) is 4.38. The first-order valence-electron chi connectivity index (χ1n) is 2.30. The van der Waals surface area contributed by atoms with E-state index in [1.165, 1.54) is 11.3 Å². The zero-order valence-corrected chi connectivity index (χ0v) is 5.85. The summed E-state index contributed by atoms with van der Waals surface area (Å²) in [6, 6.07) is 0. The second-order valence-corrected chi connectivity index (χ2v) is 2.71. The molecule has 5 heteroatoms. The Bertz CT molecular complexity index is 325. The summed E-state index contributed by atoms with van der Waals surface area (Å²) in [6.07, 6.45) is 1.58. The molecule has 0 spiro atoms. The molecule has 2 rings (SSSR count). The van der Waals surface area contributed by atoms with Crippen molar-refractivity contribution < 1.29 is 0 Å². The zero-order chi connectivity index (χ0) is 6.27. The van der Waals surface area contributed by atoms with Crippen LogP contribution in [0.25, 0.3) is 4.96 Å². The lowest BCUT2D eigenvalue weighted by atomic mass is 10.9. The quantitative estimate of drug-likeness (QED) is 0.583. The number of halogens is 1. The molecule has 0 radical (unpaired) electrons. The zero-order valence-electron chi connectivity index (χ0n) is 4.28. The minimum absolute atomic E-state index is 0.561. The molecule has 3 nitrogen and oxygen atoms in total. The summed E-state index contributed by atoms with van der Waals surface area (Å²) in [5, 5.41) is 4.48. The molecule has 0 aliphatic rings. The number of fused-ring (bicyclic) bond motifs is 1. The van der Waals surface area contributed by atoms with Crippen LogP contribution in [0.5, 0.6) is 0 Å². The van der Waals surface area contributed by atoms with Crippen molar-refractivity contribution in [2.24, 2.45) is 0 Å². The van der Waals surface area contributed by atoms with Crippen LogP contribution in [0.15, 0.2) is 11.7 Å². The van der Waals surface area contributed by atoms with Gasteiger partial charge in [0.2, 0.25) is 4.96 Å². The molecule has 2 heterocycles. The van der Waals surface area contributed by atoms with Gasteiger partial charge in [-0.3, -0.25) is 0 Å². The molecule has 0 fully saturated rings. The monoisotopic (exact) mass is 159 g/mol. The minimum Gasteiger partial charge on any atom is -0.224 e. The third kappa shape index (κ3) is 0.635. The molecule has 46 valence electrons. The van der Waals surface area contributed by atoms with Crippen LogP contribution in [0, 0.1) is 0 Å². The Labute approximate surface area is 59.9 Å². The standard InChI is InChI=1S/C4H2ClN3S/c5-3-1-6-4-8(3)7-2-9-4/h1-2H. The lowest BCUT2D eigenvalue weighted by Crippen LogP contribution is -1.78. The molecule has 0 unspecified atom stereocenters. The molecule has 0 atom stereocenters. The smallest absolute Gasteiger partial charge is 0.213 e. The number of hydrogen-bond acceptors (Lipinski definition) is 3. The van der Waals surface area contributed by atoms with Gasteiger partial charge in [0, 0.05) is 0 Å². The maximum atomic E-state index is 5.66. The van der Waals surface area contributed by atoms with Gasteiger partial charge >= 0.3 is 0 Å². The number of imidazole rings is 1. The number of aromatic nitrogens is 3. The highest BCUT2D eigenvalue weighted by Crippen LogP contribution is 2.13. The summed E-state index contributed by atoms with van der Waals surface area (Å²) in [5.74, 6) is 0. The number of hydrogen-bond donors (Lipinski definition) is 0. The highest BCUT2D eigenvalue weighted by atomic mass is 35.5. The van der Waals surface area contributed by atoms with E-state index in [1.54, 1.807) is 16.2 Å². The van der Waals surface area contributed by atoms with Crippen molar-refractivity contribution in [1.82, 2.24) is 14.6 Å². The molecule has 2 aromatic heterocycles. The molecule has 0 amide bonds. The summed E-state index contributed by atoms with van der Waals surface area (Å²) in [5.41, 5.74) is 1.70. The van der Waals surface area contributed by atoms with Gasteiger partial charge in [0.1, 0.15) is 5.51 Å². The summed E-state index contributed by atoms with van der Waals surface area (Å²) >= 11 is 7.12. The Morgan fingerprint density at radius 3 is 3.33 bits per heavy atom. The van der Waals surface area contributed by atoms with E-state index in [-0.39, 0.29) is 0 Å². The van der Waals surface area contributed by atoms with Crippen LogP contribution in [-0.2, 0) is 0 Å². The van der Waals surface area contributed by atoms with Crippen molar-refractivity contribution in [3.63, 3.8) is 0 Å². The molecule has 2 aromatic rings. The molecule has 0 aliphatic carbocycles. The van der Waals surface area contributed by atoms with Crippen LogP contribution in [0.1, 0.15) is 0 Å². The summed E-state index contributed by atoms with van der Waals surface area (Å²) in [6.45, 7) is 0. The fraction of sp³-hybridized carbons (Fsp3) is 0. The van der Waals surface area contributed by atoms with Gasteiger partial charge in [-0.15, -0.1) is 0 Å². The molecule has 0 N–H and O–H groups in total. The Morgan fingerprint density at radius 1 is 1.67 bits per heavy atom. The molecular formula is C4H2ClN3S. The maximum Gasteiger partial charge on any atom is 0.213 e. The van der Waals surface area contributed by atoms with E-state index >= 15 is 0 Å². The molecular weight excluding hydrogens is 158 g/mol. The topological polar surface area (TPSA) is 30.2 Å². The lowest BCUT2D eigenvalue weighted by molar-refractivity contribution is 0.974. The summed E-state index contributed by atoms with van der Waals surface area (Å²) in [4.78, 5) is 4.80. The normalized spacial score (nSPS) is 10.8. The van der Waals surface area contributed by atoms with Gasteiger partial charge in [0.05, 0.1) is 6.20 Å². The van der Waals surface area contributed by atoms with Crippen molar-refractivity contribution >= 4 is 27.9 Å². The van der Waals surface area contributed by atoms with E-state index in [1.807, 2.05) is 0 Å². The Kier molecular flexibility index (Phi) is 0.972. The maximum absolute atomic E-state index is 5.66. The van der Waals surface area contributed by atoms with E-state index in [4.69, 9.17) is 11.6 Å². The summed E-state index contributed by atoms with van der Waals surface area (Å²) < 4.78 is 1.59. The average molecular weight is 160 g/mol. The first kappa shape index (κ1) is 5.20. The van der Waals surface area contributed by atoms with Crippen LogP contribution in [0.4, 0.5) is 0 Å². The van der Waals surface area contributed by atoms with Crippen molar-refractivity contribution in [3.8, 4) is 0 Å². The second kappa shape index (κ2) is 1.68. The Hall–Kier alpha value is -0.610. The van der Waals surface area contributed by atoms with Crippen LogP contribution >= 0.6 is 22.9 Å². The van der Waals surface area contributed by atoms with Gasteiger partial charge in [-0.1, -0.05) is 22.9 Å². The Balaban J connectivity index is 2.99. The van der Waals surface area contributed by atoms with Gasteiger partial charge < -0.3 is 0 Å². The van der Waals surface area contributed by atoms with Crippen LogP contribution in [0.2, 0.25) is 5.15 Å². The molecule has 0 saturated heterocycles. The van der Waals surface area contributed by atoms with Gasteiger partial charge in [-0.25, -0.2) is 4.98 Å². The number of rotatable bonds is 0. The largest absolute Gasteiger partial charge is 0.224 e. The molecule has 0 aromatic carbocycles. The number of nitrogens with zero attached hydrogens (tertiary/aromatic N) is 3. The molecule has 0 aliphatic heterocycles. The average Bonchev–Trinajstić information content (AvgIpc) is 2.35. The predicted octanol–water partition coefficient (Wildman–Crippen LogP) is 1.44. The van der Waals surface area contributed by atoms with Crippen LogP contribution < -0.4 is 0 Å². The van der Waals surface area contributed by atoms with Crippen molar-refractivity contribution in [2.75, 3.05) is 0 Å². The van der Waals surface area contributed by atoms with E-state index in [2.05, 4.69) is 10.1 Å². The fourth-order valence-corrected chi connectivity index (χ4v) is 1.43. The SMILES string of the molecule is Clc1cnc2scnn12. The third-order valence-corrected chi connectivity index (χ3v) is 1.93. The van der Waals surface area contributed by atoms with Crippen molar-refractivity contribution in [1.29, 1.82) is 0 Å². The highest BCUT2D eigenvalue weighted by Gasteiger charge is 1.99. The molecule has 0 saturated carbocycles. The fourth-order valence-electron chi connectivity index (χ4n) is 0.612. The van der Waals surface area contributed by atoms with Gasteiger partial charge in [-0.2, -0.15) is 9.61 Å². The van der Waals surface area contributed by atoms with E-state index in [0.29, 0.717) is 5.15 Å². The van der Waals surface area contributed by atoms with Crippen LogP contribution in [0.3, 0.4) is 0 Å². The highest BCUT2D eigenvalue weighted by molar-refractivity contribution is 7.14. The molecule has 0 bridgehead atoms. The van der Waals surface area contributed by atoms with Gasteiger partial charge in [0.15, 0.2) is 5.15 Å². The van der Waals surface area contributed by atoms with Crippen LogP contribution in [-0.4, -0.2) is 14.6 Å². The van der Waals surface area contributed by atoms with Crippen molar-refractivity contribution in [3.05, 3.63) is 16.9 Å². The summed E-state index contributed by atoms with van der Waals surface area (Å²) in [7, 11) is 0. The second-order valence-electron chi connectivity index (χ2n) is 1.51. The lowest BCUT2D eigenvalue weighted by Gasteiger charge is -1.77. The predicted molar refractivity (Wildman–Crippen MR) is 35.9 cm³/mol. The van der Waals surface area contributed by atoms with Crippen molar-refractivity contribution in [2.45, 2.75) is 0 Å². The molecule has 9 heavy (non-hydrogen) atoms. The Morgan fingerprint density at radius 2 is 2.56 bits per heavy atom. The van der Waals surface area contributed by atoms with E-state index in [9.17, 15) is 0 Å². The first-order valence-corrected chi connectivity index (χ1v) is 3.56. The van der Waals surface area contributed by atoms with Gasteiger partial charge in [0.25, 0.3) is 0 Å². The van der Waals surface area contributed by atoms with Gasteiger partial charge in [-0.05, 0) is 0 Å². The van der Waals surface area contributed by atoms with E-state index < -0.39 is 0 Å². The minimum atomic E-state index is 0.561.